The SMILES string of the molecule is C=CCN(CC=C)C(=O)CN(CC(=O)OCC)C(C)C. The molecule has 0 radical (unpaired) electrons. The largest absolute Gasteiger partial charge is 0.465 e. The minimum absolute atomic E-state index is 0.0530. The molecule has 5 heteroatoms. The van der Waals surface area contributed by atoms with Gasteiger partial charge in [-0.3, -0.25) is 14.5 Å². The highest BCUT2D eigenvalue weighted by Crippen LogP contribution is 2.02. The molecule has 0 aliphatic heterocycles. The van der Waals surface area contributed by atoms with Gasteiger partial charge in [-0.2, -0.15) is 0 Å². The van der Waals surface area contributed by atoms with Crippen LogP contribution in [0.5, 0.6) is 0 Å². The second-order valence-corrected chi connectivity index (χ2v) is 4.68. The van der Waals surface area contributed by atoms with Crippen LogP contribution in [0.3, 0.4) is 0 Å². The molecule has 0 rings (SSSR count). The molecule has 0 aliphatic carbocycles. The van der Waals surface area contributed by atoms with Crippen molar-refractivity contribution in [1.29, 1.82) is 0 Å². The molecule has 0 saturated carbocycles. The first-order valence-electron chi connectivity index (χ1n) is 6.85. The highest BCUT2D eigenvalue weighted by atomic mass is 16.5. The lowest BCUT2D eigenvalue weighted by Gasteiger charge is -2.28. The quantitative estimate of drug-likeness (QED) is 0.449. The predicted octanol–water partition coefficient (Wildman–Crippen LogP) is 1.46. The fourth-order valence-electron chi connectivity index (χ4n) is 1.66. The lowest BCUT2D eigenvalue weighted by Crippen LogP contribution is -2.45. The number of ether oxygens (including phenoxy) is 1. The molecule has 0 bridgehead atoms. The molecule has 0 spiro atoms. The van der Waals surface area contributed by atoms with Crippen LogP contribution in [0.2, 0.25) is 0 Å². The Morgan fingerprint density at radius 2 is 1.70 bits per heavy atom. The van der Waals surface area contributed by atoms with Crippen molar-refractivity contribution in [3.8, 4) is 0 Å². The Bertz CT molecular complexity index is 330. The van der Waals surface area contributed by atoms with Crippen LogP contribution in [0, 0.1) is 0 Å². The van der Waals surface area contributed by atoms with E-state index in [-0.39, 0.29) is 31.0 Å². The third-order valence-corrected chi connectivity index (χ3v) is 2.76. The van der Waals surface area contributed by atoms with E-state index in [1.165, 1.54) is 0 Å². The minimum Gasteiger partial charge on any atom is -0.465 e. The van der Waals surface area contributed by atoms with Crippen LogP contribution in [-0.2, 0) is 14.3 Å². The molecule has 20 heavy (non-hydrogen) atoms. The van der Waals surface area contributed by atoms with Crippen LogP contribution in [-0.4, -0.2) is 60.5 Å². The molecule has 0 fully saturated rings. The highest BCUT2D eigenvalue weighted by Gasteiger charge is 2.20. The summed E-state index contributed by atoms with van der Waals surface area (Å²) in [7, 11) is 0. The number of amides is 1. The molecule has 0 N–H and O–H groups in total. The first-order chi connectivity index (χ1) is 9.46. The fourth-order valence-corrected chi connectivity index (χ4v) is 1.66. The number of nitrogens with zero attached hydrogens (tertiary/aromatic N) is 2. The molecule has 0 heterocycles. The van der Waals surface area contributed by atoms with E-state index in [2.05, 4.69) is 13.2 Å². The van der Waals surface area contributed by atoms with Gasteiger partial charge in [0.05, 0.1) is 19.7 Å². The predicted molar refractivity (Wildman–Crippen MR) is 80.3 cm³/mol. The molecule has 0 atom stereocenters. The van der Waals surface area contributed by atoms with Crippen LogP contribution in [0.25, 0.3) is 0 Å². The number of hydrogen-bond acceptors (Lipinski definition) is 4. The molecule has 5 nitrogen and oxygen atoms in total. The van der Waals surface area contributed by atoms with Crippen molar-refractivity contribution in [3.63, 3.8) is 0 Å². The second-order valence-electron chi connectivity index (χ2n) is 4.68. The summed E-state index contributed by atoms with van der Waals surface area (Å²) in [6.45, 7) is 14.5. The van der Waals surface area contributed by atoms with E-state index in [1.54, 1.807) is 28.9 Å². The summed E-state index contributed by atoms with van der Waals surface area (Å²) in [5, 5.41) is 0. The van der Waals surface area contributed by atoms with Gasteiger partial charge in [0.2, 0.25) is 5.91 Å². The molecular weight excluding hydrogens is 256 g/mol. The molecule has 1 amide bonds. The number of hydrogen-bond donors (Lipinski definition) is 0. The Hall–Kier alpha value is -1.62. The van der Waals surface area contributed by atoms with Crippen molar-refractivity contribution in [1.82, 2.24) is 9.80 Å². The van der Waals surface area contributed by atoms with Gasteiger partial charge >= 0.3 is 5.97 Å². The maximum atomic E-state index is 12.2. The summed E-state index contributed by atoms with van der Waals surface area (Å²) < 4.78 is 4.92. The van der Waals surface area contributed by atoms with Gasteiger partial charge in [-0.1, -0.05) is 12.2 Å². The van der Waals surface area contributed by atoms with Crippen molar-refractivity contribution in [3.05, 3.63) is 25.3 Å². The summed E-state index contributed by atoms with van der Waals surface area (Å²) in [6, 6.07) is 0.0812. The van der Waals surface area contributed by atoms with Gasteiger partial charge in [0, 0.05) is 19.1 Å². The normalized spacial score (nSPS) is 10.4. The second kappa shape index (κ2) is 10.2. The van der Waals surface area contributed by atoms with E-state index < -0.39 is 0 Å². The average Bonchev–Trinajstić information content (AvgIpc) is 2.37. The van der Waals surface area contributed by atoms with Gasteiger partial charge in [-0.05, 0) is 20.8 Å². The fraction of sp³-hybridized carbons (Fsp3) is 0.600. The first-order valence-corrected chi connectivity index (χ1v) is 6.85. The van der Waals surface area contributed by atoms with Crippen LogP contribution in [0.15, 0.2) is 25.3 Å². The topological polar surface area (TPSA) is 49.9 Å². The van der Waals surface area contributed by atoms with Gasteiger partial charge in [-0.15, -0.1) is 13.2 Å². The van der Waals surface area contributed by atoms with Crippen molar-refractivity contribution in [2.75, 3.05) is 32.8 Å². The van der Waals surface area contributed by atoms with E-state index in [1.807, 2.05) is 13.8 Å². The number of rotatable bonds is 10. The highest BCUT2D eigenvalue weighted by molar-refractivity contribution is 5.79. The van der Waals surface area contributed by atoms with E-state index in [0.29, 0.717) is 19.7 Å². The zero-order valence-electron chi connectivity index (χ0n) is 12.8. The van der Waals surface area contributed by atoms with E-state index >= 15 is 0 Å². The smallest absolute Gasteiger partial charge is 0.320 e. The lowest BCUT2D eigenvalue weighted by molar-refractivity contribution is -0.145. The Labute approximate surface area is 121 Å². The maximum absolute atomic E-state index is 12.2. The summed E-state index contributed by atoms with van der Waals surface area (Å²) >= 11 is 0. The van der Waals surface area contributed by atoms with Crippen molar-refractivity contribution < 1.29 is 14.3 Å². The zero-order valence-corrected chi connectivity index (χ0v) is 12.8. The summed E-state index contributed by atoms with van der Waals surface area (Å²) in [6.07, 6.45) is 3.35. The molecule has 0 aromatic carbocycles. The Kier molecular flexibility index (Phi) is 9.38. The standard InChI is InChI=1S/C15H26N2O3/c1-6-9-16(10-7-2)14(18)11-17(13(4)5)12-15(19)20-8-3/h6-7,13H,1-2,8-12H2,3-5H3. The van der Waals surface area contributed by atoms with Gasteiger partial charge in [0.1, 0.15) is 0 Å². The lowest BCUT2D eigenvalue weighted by atomic mass is 10.3. The van der Waals surface area contributed by atoms with E-state index in [0.717, 1.165) is 0 Å². The van der Waals surface area contributed by atoms with Gasteiger partial charge in [0.25, 0.3) is 0 Å². The number of carbonyl (C=O) groups is 2. The van der Waals surface area contributed by atoms with Gasteiger partial charge < -0.3 is 9.64 Å². The minimum atomic E-state index is -0.312. The Morgan fingerprint density at radius 3 is 2.10 bits per heavy atom. The summed E-state index contributed by atoms with van der Waals surface area (Å²) in [4.78, 5) is 27.2. The van der Waals surface area contributed by atoms with Gasteiger partial charge in [-0.25, -0.2) is 0 Å². The van der Waals surface area contributed by atoms with Crippen LogP contribution in [0.4, 0.5) is 0 Å². The zero-order chi connectivity index (χ0) is 15.5. The Balaban J connectivity index is 4.62. The first kappa shape index (κ1) is 18.4. The van der Waals surface area contributed by atoms with Crippen molar-refractivity contribution in [2.24, 2.45) is 0 Å². The molecule has 0 aliphatic rings. The van der Waals surface area contributed by atoms with Crippen LogP contribution < -0.4 is 0 Å². The molecular formula is C15H26N2O3. The monoisotopic (exact) mass is 282 g/mol. The van der Waals surface area contributed by atoms with Crippen molar-refractivity contribution >= 4 is 11.9 Å². The van der Waals surface area contributed by atoms with E-state index in [9.17, 15) is 9.59 Å². The summed E-state index contributed by atoms with van der Waals surface area (Å²) in [5.41, 5.74) is 0. The third-order valence-electron chi connectivity index (χ3n) is 2.76. The van der Waals surface area contributed by atoms with Crippen LogP contribution >= 0.6 is 0 Å². The Morgan fingerprint density at radius 1 is 1.15 bits per heavy atom. The molecule has 114 valence electrons. The maximum Gasteiger partial charge on any atom is 0.320 e. The summed E-state index contributed by atoms with van der Waals surface area (Å²) in [5.74, 6) is -0.365. The molecule has 0 unspecified atom stereocenters. The molecule has 0 saturated heterocycles. The van der Waals surface area contributed by atoms with Crippen molar-refractivity contribution in [2.45, 2.75) is 26.8 Å². The van der Waals surface area contributed by atoms with E-state index in [4.69, 9.17) is 4.74 Å². The third kappa shape index (κ3) is 7.09. The number of carbonyl (C=O) groups excluding carboxylic acids is 2. The molecule has 0 aromatic heterocycles. The van der Waals surface area contributed by atoms with Gasteiger partial charge in [0.15, 0.2) is 0 Å². The number of esters is 1. The molecule has 0 aromatic rings. The average molecular weight is 282 g/mol. The van der Waals surface area contributed by atoms with Crippen LogP contribution in [0.1, 0.15) is 20.8 Å².